The normalized spacial score (nSPS) is 10.1. The molecule has 2 aromatic rings. The number of rotatable bonds is 5. The predicted octanol–water partition coefficient (Wildman–Crippen LogP) is 2.46. The first-order chi connectivity index (χ1) is 8.70. The first-order valence-corrected chi connectivity index (χ1v) is 5.41. The molecule has 18 heavy (non-hydrogen) atoms. The topological polar surface area (TPSA) is 61.6 Å². The first kappa shape index (κ1) is 12.2. The second-order valence-electron chi connectivity index (χ2n) is 3.70. The van der Waals surface area contributed by atoms with Gasteiger partial charge in [0.05, 0.1) is 7.11 Å². The number of nitrogens with zero attached hydrogens (tertiary/aromatic N) is 1. The molecule has 0 saturated heterocycles. The van der Waals surface area contributed by atoms with Crippen LogP contribution < -0.4 is 9.47 Å². The fourth-order valence-electron chi connectivity index (χ4n) is 1.47. The van der Waals surface area contributed by atoms with Gasteiger partial charge in [-0.15, -0.1) is 0 Å². The Morgan fingerprint density at radius 1 is 1.33 bits per heavy atom. The molecule has 0 saturated carbocycles. The molecule has 0 N–H and O–H groups in total. The van der Waals surface area contributed by atoms with E-state index < -0.39 is 0 Å². The zero-order chi connectivity index (χ0) is 13.0. The Morgan fingerprint density at radius 2 is 2.17 bits per heavy atom. The standard InChI is InChI=1S/C13H13NO4/c1-9(15)10-3-4-12(13(7-10)16-2)17-8-11-5-6-18-14-11/h3-7H,8H2,1-2H3. The maximum absolute atomic E-state index is 11.3. The molecule has 0 aliphatic heterocycles. The third kappa shape index (κ3) is 2.68. The Kier molecular flexibility index (Phi) is 3.62. The lowest BCUT2D eigenvalue weighted by atomic mass is 10.1. The number of methoxy groups -OCH3 is 1. The zero-order valence-corrected chi connectivity index (χ0v) is 10.2. The van der Waals surface area contributed by atoms with Gasteiger partial charge in [0.15, 0.2) is 17.3 Å². The molecule has 5 nitrogen and oxygen atoms in total. The number of aromatic nitrogens is 1. The fourth-order valence-corrected chi connectivity index (χ4v) is 1.47. The van der Waals surface area contributed by atoms with Crippen LogP contribution in [0.5, 0.6) is 11.5 Å². The van der Waals surface area contributed by atoms with E-state index in [1.165, 1.54) is 20.3 Å². The van der Waals surface area contributed by atoms with Crippen molar-refractivity contribution in [1.29, 1.82) is 0 Å². The van der Waals surface area contributed by atoms with Crippen molar-refractivity contribution < 1.29 is 18.8 Å². The number of carbonyl (C=O) groups is 1. The molecule has 1 heterocycles. The van der Waals surface area contributed by atoms with E-state index in [4.69, 9.17) is 14.0 Å². The molecule has 0 fully saturated rings. The van der Waals surface area contributed by atoms with Gasteiger partial charge in [-0.3, -0.25) is 4.79 Å². The number of benzene rings is 1. The van der Waals surface area contributed by atoms with Crippen LogP contribution in [0, 0.1) is 0 Å². The van der Waals surface area contributed by atoms with Gasteiger partial charge in [0.1, 0.15) is 18.6 Å². The largest absolute Gasteiger partial charge is 0.493 e. The molecule has 1 aromatic carbocycles. The Morgan fingerprint density at radius 3 is 2.78 bits per heavy atom. The van der Waals surface area contributed by atoms with Gasteiger partial charge in [0, 0.05) is 11.6 Å². The quantitative estimate of drug-likeness (QED) is 0.759. The van der Waals surface area contributed by atoms with Crippen LogP contribution in [0.3, 0.4) is 0 Å². The van der Waals surface area contributed by atoms with Crippen LogP contribution in [0.25, 0.3) is 0 Å². The van der Waals surface area contributed by atoms with Crippen LogP contribution >= 0.6 is 0 Å². The van der Waals surface area contributed by atoms with E-state index in [1.54, 1.807) is 24.3 Å². The molecule has 0 radical (unpaired) electrons. The number of hydrogen-bond donors (Lipinski definition) is 0. The number of hydrogen-bond acceptors (Lipinski definition) is 5. The van der Waals surface area contributed by atoms with Crippen LogP contribution in [-0.4, -0.2) is 18.0 Å². The van der Waals surface area contributed by atoms with Crippen LogP contribution in [0.2, 0.25) is 0 Å². The van der Waals surface area contributed by atoms with Gasteiger partial charge in [-0.25, -0.2) is 0 Å². The number of ether oxygens (including phenoxy) is 2. The number of Topliss-reactive ketones (excluding diaryl/α,β-unsaturated/α-hetero) is 1. The zero-order valence-electron chi connectivity index (χ0n) is 10.2. The lowest BCUT2D eigenvalue weighted by molar-refractivity contribution is 0.101. The minimum atomic E-state index is -0.0173. The van der Waals surface area contributed by atoms with Crippen LogP contribution in [0.1, 0.15) is 23.0 Å². The van der Waals surface area contributed by atoms with Crippen molar-refractivity contribution in [3.8, 4) is 11.5 Å². The lowest BCUT2D eigenvalue weighted by Crippen LogP contribution is -2.00. The molecule has 5 heteroatoms. The highest BCUT2D eigenvalue weighted by molar-refractivity contribution is 5.94. The molecule has 94 valence electrons. The minimum absolute atomic E-state index is 0.0173. The van der Waals surface area contributed by atoms with Crippen LogP contribution in [-0.2, 0) is 6.61 Å². The van der Waals surface area contributed by atoms with Crippen molar-refractivity contribution in [3.05, 3.63) is 41.8 Å². The summed E-state index contributed by atoms with van der Waals surface area (Å²) in [4.78, 5) is 11.3. The first-order valence-electron chi connectivity index (χ1n) is 5.41. The average Bonchev–Trinajstić information content (AvgIpc) is 2.89. The predicted molar refractivity (Wildman–Crippen MR) is 63.8 cm³/mol. The summed E-state index contributed by atoms with van der Waals surface area (Å²) in [7, 11) is 1.53. The molecule has 0 atom stereocenters. The number of ketones is 1. The molecule has 1 aromatic heterocycles. The van der Waals surface area contributed by atoms with Gasteiger partial charge in [-0.1, -0.05) is 5.16 Å². The third-order valence-electron chi connectivity index (χ3n) is 2.44. The highest BCUT2D eigenvalue weighted by atomic mass is 16.5. The van der Waals surface area contributed by atoms with Crippen molar-refractivity contribution in [2.45, 2.75) is 13.5 Å². The van der Waals surface area contributed by atoms with E-state index in [0.29, 0.717) is 22.8 Å². The number of carbonyl (C=O) groups excluding carboxylic acids is 1. The molecule has 0 aliphatic rings. The Bertz CT molecular complexity index is 534. The maximum Gasteiger partial charge on any atom is 0.161 e. The van der Waals surface area contributed by atoms with Gasteiger partial charge >= 0.3 is 0 Å². The van der Waals surface area contributed by atoms with E-state index in [-0.39, 0.29) is 12.4 Å². The highest BCUT2D eigenvalue weighted by Gasteiger charge is 2.09. The summed E-state index contributed by atoms with van der Waals surface area (Å²) in [5, 5.41) is 3.74. The SMILES string of the molecule is COc1cc(C(C)=O)ccc1OCc1ccon1. The summed E-state index contributed by atoms with van der Waals surface area (Å²) < 4.78 is 15.4. The van der Waals surface area contributed by atoms with Crippen molar-refractivity contribution >= 4 is 5.78 Å². The molecular weight excluding hydrogens is 234 g/mol. The van der Waals surface area contributed by atoms with Crippen LogP contribution in [0.15, 0.2) is 35.1 Å². The molecule has 0 aliphatic carbocycles. The highest BCUT2D eigenvalue weighted by Crippen LogP contribution is 2.28. The fraction of sp³-hybridized carbons (Fsp3) is 0.231. The summed E-state index contributed by atoms with van der Waals surface area (Å²) >= 11 is 0. The summed E-state index contributed by atoms with van der Waals surface area (Å²) in [5.41, 5.74) is 1.27. The van der Waals surface area contributed by atoms with E-state index in [0.717, 1.165) is 0 Å². The monoisotopic (exact) mass is 247 g/mol. The second kappa shape index (κ2) is 5.35. The van der Waals surface area contributed by atoms with E-state index in [9.17, 15) is 4.79 Å². The summed E-state index contributed by atoms with van der Waals surface area (Å²) in [5.74, 6) is 1.06. The maximum atomic E-state index is 11.3. The third-order valence-corrected chi connectivity index (χ3v) is 2.44. The van der Waals surface area contributed by atoms with E-state index in [2.05, 4.69) is 5.16 Å². The van der Waals surface area contributed by atoms with E-state index in [1.807, 2.05) is 0 Å². The van der Waals surface area contributed by atoms with Crippen molar-refractivity contribution in [2.24, 2.45) is 0 Å². The Balaban J connectivity index is 2.14. The molecular formula is C13H13NO4. The van der Waals surface area contributed by atoms with Crippen molar-refractivity contribution in [3.63, 3.8) is 0 Å². The molecule has 0 amide bonds. The molecule has 0 bridgehead atoms. The second-order valence-corrected chi connectivity index (χ2v) is 3.70. The average molecular weight is 247 g/mol. The van der Waals surface area contributed by atoms with Gasteiger partial charge in [-0.05, 0) is 25.1 Å². The summed E-state index contributed by atoms with van der Waals surface area (Å²) in [6.07, 6.45) is 1.48. The molecule has 2 rings (SSSR count). The van der Waals surface area contributed by atoms with Crippen molar-refractivity contribution in [2.75, 3.05) is 7.11 Å². The van der Waals surface area contributed by atoms with Crippen molar-refractivity contribution in [1.82, 2.24) is 5.16 Å². The van der Waals surface area contributed by atoms with Gasteiger partial charge in [-0.2, -0.15) is 0 Å². The van der Waals surface area contributed by atoms with Gasteiger partial charge in [0.2, 0.25) is 0 Å². The summed E-state index contributed by atoms with van der Waals surface area (Å²) in [6, 6.07) is 6.77. The Labute approximate surface area is 104 Å². The Hall–Kier alpha value is -2.30. The molecule has 0 unspecified atom stereocenters. The van der Waals surface area contributed by atoms with E-state index >= 15 is 0 Å². The lowest BCUT2D eigenvalue weighted by Gasteiger charge is -2.10. The minimum Gasteiger partial charge on any atom is -0.493 e. The van der Waals surface area contributed by atoms with Gasteiger partial charge < -0.3 is 14.0 Å². The smallest absolute Gasteiger partial charge is 0.161 e. The van der Waals surface area contributed by atoms with Gasteiger partial charge in [0.25, 0.3) is 0 Å². The molecule has 0 spiro atoms. The summed E-state index contributed by atoms with van der Waals surface area (Å²) in [6.45, 7) is 1.79. The van der Waals surface area contributed by atoms with Crippen LogP contribution in [0.4, 0.5) is 0 Å².